The molecule has 160 valence electrons. The Morgan fingerprint density at radius 1 is 1.03 bits per heavy atom. The molecule has 1 aliphatic rings. The quantitative estimate of drug-likeness (QED) is 0.241. The second-order valence-electron chi connectivity index (χ2n) is 7.69. The Balaban J connectivity index is 1.63. The van der Waals surface area contributed by atoms with Crippen molar-refractivity contribution in [1.29, 1.82) is 5.26 Å². The number of aromatic hydroxyl groups is 1. The number of halogens is 1. The summed E-state index contributed by atoms with van der Waals surface area (Å²) in [6.07, 6.45) is 1.64. The van der Waals surface area contributed by atoms with Crippen molar-refractivity contribution in [3.8, 4) is 17.6 Å². The predicted octanol–water partition coefficient (Wildman–Crippen LogP) is 6.12. The molecule has 0 fully saturated rings. The maximum absolute atomic E-state index is 10.7. The zero-order chi connectivity index (χ0) is 22.9. The lowest BCUT2D eigenvalue weighted by Crippen LogP contribution is -2.21. The molecule has 1 heterocycles. The van der Waals surface area contributed by atoms with Crippen LogP contribution in [-0.4, -0.2) is 11.3 Å². The molecule has 6 heteroatoms. The van der Waals surface area contributed by atoms with Crippen molar-refractivity contribution in [1.82, 2.24) is 0 Å². The Hall–Kier alpha value is -3.83. The first-order chi connectivity index (χ1) is 16.0. The standard InChI is InChI=1S/C27H18IN3O2/c28-19-8-3-7-17(11-19)26-21-12-18(24(32)13-25(21)33-27(30)22(26)14-29)15-31-23-10-4-6-16-5-1-2-9-20(16)23/h1-13,15,26,32H,30H2. The van der Waals surface area contributed by atoms with E-state index < -0.39 is 5.92 Å². The third kappa shape index (κ3) is 3.92. The van der Waals surface area contributed by atoms with Crippen molar-refractivity contribution < 1.29 is 9.84 Å². The number of nitrogens with two attached hydrogens (primary N) is 1. The number of benzene rings is 4. The Morgan fingerprint density at radius 2 is 1.82 bits per heavy atom. The number of phenols is 1. The molecule has 0 saturated carbocycles. The van der Waals surface area contributed by atoms with E-state index in [4.69, 9.17) is 10.5 Å². The van der Waals surface area contributed by atoms with Crippen LogP contribution < -0.4 is 10.5 Å². The van der Waals surface area contributed by atoms with Crippen LogP contribution in [-0.2, 0) is 0 Å². The molecule has 5 rings (SSSR count). The number of rotatable bonds is 3. The lowest BCUT2D eigenvalue weighted by atomic mass is 9.83. The number of phenolic OH excluding ortho intramolecular Hbond substituents is 1. The second kappa shape index (κ2) is 8.60. The maximum atomic E-state index is 10.7. The van der Waals surface area contributed by atoms with Crippen LogP contribution in [0.2, 0.25) is 0 Å². The van der Waals surface area contributed by atoms with Crippen LogP contribution in [0.25, 0.3) is 10.8 Å². The highest BCUT2D eigenvalue weighted by Crippen LogP contribution is 2.44. The minimum atomic E-state index is -0.404. The third-order valence-corrected chi connectivity index (χ3v) is 6.33. The van der Waals surface area contributed by atoms with Gasteiger partial charge >= 0.3 is 0 Å². The van der Waals surface area contributed by atoms with Crippen LogP contribution in [0.3, 0.4) is 0 Å². The van der Waals surface area contributed by atoms with E-state index in [9.17, 15) is 10.4 Å². The van der Waals surface area contributed by atoms with Gasteiger partial charge in [0.25, 0.3) is 0 Å². The van der Waals surface area contributed by atoms with Gasteiger partial charge < -0.3 is 15.6 Å². The fourth-order valence-corrected chi connectivity index (χ4v) is 4.67. The van der Waals surface area contributed by atoms with Gasteiger partial charge in [-0.3, -0.25) is 4.99 Å². The largest absolute Gasteiger partial charge is 0.507 e. The first-order valence-electron chi connectivity index (χ1n) is 10.3. The van der Waals surface area contributed by atoms with E-state index in [1.54, 1.807) is 6.21 Å². The number of allylic oxidation sites excluding steroid dienone is 1. The molecular formula is C27H18IN3O2. The summed E-state index contributed by atoms with van der Waals surface area (Å²) in [5.41, 5.74) is 9.42. The van der Waals surface area contributed by atoms with Crippen LogP contribution in [0.5, 0.6) is 11.5 Å². The molecule has 0 radical (unpaired) electrons. The number of ether oxygens (including phenoxy) is 1. The fourth-order valence-electron chi connectivity index (χ4n) is 4.10. The number of aliphatic imine (C=N–C) groups is 1. The van der Waals surface area contributed by atoms with Gasteiger partial charge in [0.2, 0.25) is 5.88 Å². The van der Waals surface area contributed by atoms with Crippen molar-refractivity contribution >= 4 is 45.3 Å². The van der Waals surface area contributed by atoms with E-state index in [-0.39, 0.29) is 11.6 Å². The van der Waals surface area contributed by atoms with Gasteiger partial charge in [-0.15, -0.1) is 0 Å². The van der Waals surface area contributed by atoms with Crippen molar-refractivity contribution in [2.24, 2.45) is 10.7 Å². The van der Waals surface area contributed by atoms with E-state index in [1.807, 2.05) is 72.8 Å². The molecule has 0 aromatic heterocycles. The van der Waals surface area contributed by atoms with E-state index in [0.717, 1.165) is 31.2 Å². The first kappa shape index (κ1) is 21.0. The predicted molar refractivity (Wildman–Crippen MR) is 138 cm³/mol. The van der Waals surface area contributed by atoms with Crippen molar-refractivity contribution in [2.75, 3.05) is 0 Å². The molecule has 33 heavy (non-hydrogen) atoms. The molecule has 0 amide bonds. The summed E-state index contributed by atoms with van der Waals surface area (Å²) in [7, 11) is 0. The van der Waals surface area contributed by atoms with Gasteiger partial charge in [0.1, 0.15) is 23.1 Å². The lowest BCUT2D eigenvalue weighted by Gasteiger charge is -2.27. The average Bonchev–Trinajstić information content (AvgIpc) is 2.82. The molecule has 5 nitrogen and oxygen atoms in total. The third-order valence-electron chi connectivity index (χ3n) is 5.66. The SMILES string of the molecule is N#CC1=C(N)Oc2cc(O)c(C=Nc3cccc4ccccc34)cc2C1c1cccc(I)c1. The van der Waals surface area contributed by atoms with E-state index in [1.165, 1.54) is 6.07 Å². The fraction of sp³-hybridized carbons (Fsp3) is 0.0370. The molecule has 1 aliphatic heterocycles. The average molecular weight is 543 g/mol. The van der Waals surface area contributed by atoms with Gasteiger partial charge in [0.05, 0.1) is 11.6 Å². The summed E-state index contributed by atoms with van der Waals surface area (Å²) in [6, 6.07) is 27.4. The molecule has 4 aromatic rings. The summed E-state index contributed by atoms with van der Waals surface area (Å²) in [5.74, 6) is 0.0895. The van der Waals surface area contributed by atoms with Gasteiger partial charge in [-0.1, -0.05) is 48.5 Å². The molecule has 1 atom stereocenters. The highest BCUT2D eigenvalue weighted by atomic mass is 127. The number of nitriles is 1. The molecule has 1 unspecified atom stereocenters. The Kier molecular flexibility index (Phi) is 5.48. The van der Waals surface area contributed by atoms with E-state index >= 15 is 0 Å². The topological polar surface area (TPSA) is 91.6 Å². The zero-order valence-corrected chi connectivity index (χ0v) is 19.5. The summed E-state index contributed by atoms with van der Waals surface area (Å²) < 4.78 is 6.75. The second-order valence-corrected chi connectivity index (χ2v) is 8.93. The Labute approximate surface area is 204 Å². The summed E-state index contributed by atoms with van der Waals surface area (Å²) in [4.78, 5) is 4.65. The van der Waals surface area contributed by atoms with Crippen molar-refractivity contribution in [3.05, 3.63) is 111 Å². The number of hydrogen-bond donors (Lipinski definition) is 2. The summed E-state index contributed by atoms with van der Waals surface area (Å²) in [5, 5.41) is 22.6. The number of hydrogen-bond acceptors (Lipinski definition) is 5. The Morgan fingerprint density at radius 3 is 2.64 bits per heavy atom. The lowest BCUT2D eigenvalue weighted by molar-refractivity contribution is 0.388. The van der Waals surface area contributed by atoms with Crippen LogP contribution in [0.1, 0.15) is 22.6 Å². The summed E-state index contributed by atoms with van der Waals surface area (Å²) in [6.45, 7) is 0. The normalized spacial score (nSPS) is 15.3. The highest BCUT2D eigenvalue weighted by molar-refractivity contribution is 14.1. The molecular weight excluding hydrogens is 525 g/mol. The maximum Gasteiger partial charge on any atom is 0.205 e. The minimum absolute atomic E-state index is 0.0207. The van der Waals surface area contributed by atoms with Gasteiger partial charge in [-0.05, 0) is 57.8 Å². The Bertz CT molecular complexity index is 1500. The van der Waals surface area contributed by atoms with Crippen molar-refractivity contribution in [3.63, 3.8) is 0 Å². The van der Waals surface area contributed by atoms with Gasteiger partial charge in [0.15, 0.2) is 0 Å². The minimum Gasteiger partial charge on any atom is -0.507 e. The summed E-state index contributed by atoms with van der Waals surface area (Å²) >= 11 is 2.24. The molecule has 4 aromatic carbocycles. The van der Waals surface area contributed by atoms with Crippen LogP contribution in [0.4, 0.5) is 5.69 Å². The van der Waals surface area contributed by atoms with Crippen LogP contribution >= 0.6 is 22.6 Å². The van der Waals surface area contributed by atoms with Crippen molar-refractivity contribution in [2.45, 2.75) is 5.92 Å². The highest BCUT2D eigenvalue weighted by Gasteiger charge is 2.31. The van der Waals surface area contributed by atoms with E-state index in [0.29, 0.717) is 16.9 Å². The zero-order valence-electron chi connectivity index (χ0n) is 17.4. The molecule has 0 spiro atoms. The van der Waals surface area contributed by atoms with Gasteiger partial charge in [0, 0.05) is 32.4 Å². The van der Waals surface area contributed by atoms with Gasteiger partial charge in [-0.25, -0.2) is 0 Å². The first-order valence-corrected chi connectivity index (χ1v) is 11.3. The van der Waals surface area contributed by atoms with E-state index in [2.05, 4.69) is 33.7 Å². The molecule has 3 N–H and O–H groups in total. The van der Waals surface area contributed by atoms with Crippen LogP contribution in [0.15, 0.2) is 95.3 Å². The van der Waals surface area contributed by atoms with Crippen LogP contribution in [0, 0.1) is 14.9 Å². The smallest absolute Gasteiger partial charge is 0.205 e. The monoisotopic (exact) mass is 543 g/mol. The number of nitrogens with zero attached hydrogens (tertiary/aromatic N) is 2. The molecule has 0 saturated heterocycles. The van der Waals surface area contributed by atoms with Gasteiger partial charge in [-0.2, -0.15) is 5.26 Å². The molecule has 0 aliphatic carbocycles. The molecule has 0 bridgehead atoms. The number of fused-ring (bicyclic) bond motifs is 2.